The van der Waals surface area contributed by atoms with Gasteiger partial charge in [-0.05, 0) is 37.4 Å². The summed E-state index contributed by atoms with van der Waals surface area (Å²) in [7, 11) is 0. The summed E-state index contributed by atoms with van der Waals surface area (Å²) in [4.78, 5) is 27.6. The van der Waals surface area contributed by atoms with E-state index in [1.165, 1.54) is 28.6 Å². The quantitative estimate of drug-likeness (QED) is 0.765. The normalized spacial score (nSPS) is 17.8. The molecule has 1 unspecified atom stereocenters. The lowest BCUT2D eigenvalue weighted by Crippen LogP contribution is -2.34. The molecule has 2 aromatic rings. The zero-order chi connectivity index (χ0) is 18.0. The fourth-order valence-electron chi connectivity index (χ4n) is 2.79. The molecule has 0 radical (unpaired) electrons. The Hall–Kier alpha value is -2.38. The minimum Gasteiger partial charge on any atom is -0.503 e. The number of aliphatic hydroxyl groups excluding tert-OH is 1. The Bertz CT molecular complexity index is 777. The predicted octanol–water partition coefficient (Wildman–Crippen LogP) is 3.34. The van der Waals surface area contributed by atoms with Crippen molar-refractivity contribution in [1.29, 1.82) is 0 Å². The zero-order valence-corrected chi connectivity index (χ0v) is 14.8. The highest BCUT2D eigenvalue weighted by Crippen LogP contribution is 2.40. The maximum absolute atomic E-state index is 12.8. The van der Waals surface area contributed by atoms with Crippen LogP contribution in [0.15, 0.2) is 51.7 Å². The Labute approximate surface area is 149 Å². The molecule has 1 atom stereocenters. The van der Waals surface area contributed by atoms with E-state index in [0.717, 1.165) is 4.88 Å². The Kier molecular flexibility index (Phi) is 5.06. The number of furan rings is 1. The van der Waals surface area contributed by atoms with Crippen molar-refractivity contribution in [2.24, 2.45) is 0 Å². The van der Waals surface area contributed by atoms with E-state index < -0.39 is 23.5 Å². The molecule has 1 N–H and O–H groups in total. The largest absolute Gasteiger partial charge is 0.503 e. The first-order chi connectivity index (χ1) is 12.0. The molecule has 3 rings (SSSR count). The summed E-state index contributed by atoms with van der Waals surface area (Å²) in [5.74, 6) is -1.48. The summed E-state index contributed by atoms with van der Waals surface area (Å²) < 4.78 is 10.7. The fraction of sp³-hybridized carbons (Fsp3) is 0.333. The van der Waals surface area contributed by atoms with E-state index >= 15 is 0 Å². The Morgan fingerprint density at radius 2 is 2.20 bits per heavy atom. The van der Waals surface area contributed by atoms with Gasteiger partial charge in [-0.2, -0.15) is 0 Å². The lowest BCUT2D eigenvalue weighted by Gasteiger charge is -2.25. The first kappa shape index (κ1) is 17.4. The van der Waals surface area contributed by atoms with Crippen molar-refractivity contribution in [3.63, 3.8) is 0 Å². The van der Waals surface area contributed by atoms with E-state index in [1.54, 1.807) is 6.07 Å². The van der Waals surface area contributed by atoms with Crippen LogP contribution in [-0.2, 0) is 9.53 Å². The molecule has 7 heteroatoms. The van der Waals surface area contributed by atoms with Gasteiger partial charge in [0.2, 0.25) is 5.78 Å². The average Bonchev–Trinajstić information content (AvgIpc) is 3.31. The molecule has 132 valence electrons. The number of thiophene rings is 1. The van der Waals surface area contributed by atoms with E-state index in [-0.39, 0.29) is 24.0 Å². The molecule has 25 heavy (non-hydrogen) atoms. The number of amides is 1. The van der Waals surface area contributed by atoms with Gasteiger partial charge in [0.25, 0.3) is 5.91 Å². The van der Waals surface area contributed by atoms with Crippen LogP contribution >= 0.6 is 11.3 Å². The fourth-order valence-corrected chi connectivity index (χ4v) is 3.63. The third-order valence-electron chi connectivity index (χ3n) is 3.89. The number of Topliss-reactive ketones (excluding diaryl/α,β-unsaturated/α-hetero) is 1. The molecule has 1 aliphatic heterocycles. The van der Waals surface area contributed by atoms with Gasteiger partial charge in [0, 0.05) is 11.4 Å². The number of ketones is 1. The first-order valence-corrected chi connectivity index (χ1v) is 8.86. The van der Waals surface area contributed by atoms with Crippen molar-refractivity contribution in [3.8, 4) is 0 Å². The SMILES string of the molecule is CC(C)OCCN1C(=O)C(O)=C(C(=O)c2ccco2)C1c1cccs1. The van der Waals surface area contributed by atoms with Gasteiger partial charge in [-0.3, -0.25) is 9.59 Å². The summed E-state index contributed by atoms with van der Waals surface area (Å²) in [6, 6.07) is 6.16. The molecule has 0 spiro atoms. The average molecular weight is 361 g/mol. The number of hydrogen-bond acceptors (Lipinski definition) is 6. The highest BCUT2D eigenvalue weighted by atomic mass is 32.1. The van der Waals surface area contributed by atoms with Gasteiger partial charge in [-0.25, -0.2) is 0 Å². The first-order valence-electron chi connectivity index (χ1n) is 7.98. The van der Waals surface area contributed by atoms with Crippen molar-refractivity contribution in [2.45, 2.75) is 26.0 Å². The van der Waals surface area contributed by atoms with Crippen LogP contribution in [0.1, 0.15) is 35.3 Å². The number of hydrogen-bond donors (Lipinski definition) is 1. The van der Waals surface area contributed by atoms with Gasteiger partial charge >= 0.3 is 0 Å². The molecule has 0 aromatic carbocycles. The van der Waals surface area contributed by atoms with Gasteiger partial charge in [0.05, 0.1) is 30.6 Å². The molecule has 6 nitrogen and oxygen atoms in total. The number of aliphatic hydroxyl groups is 1. The van der Waals surface area contributed by atoms with Gasteiger partial charge < -0.3 is 19.2 Å². The van der Waals surface area contributed by atoms with Crippen LogP contribution in [0, 0.1) is 0 Å². The molecule has 1 aliphatic rings. The Morgan fingerprint density at radius 3 is 2.80 bits per heavy atom. The van der Waals surface area contributed by atoms with Crippen LogP contribution in [0.25, 0.3) is 0 Å². The number of carbonyl (C=O) groups excluding carboxylic acids is 2. The molecule has 0 saturated carbocycles. The summed E-state index contributed by atoms with van der Waals surface area (Å²) in [5, 5.41) is 12.2. The molecule has 3 heterocycles. The van der Waals surface area contributed by atoms with Crippen molar-refractivity contribution < 1.29 is 23.8 Å². The number of rotatable bonds is 7. The van der Waals surface area contributed by atoms with E-state index in [1.807, 2.05) is 31.4 Å². The maximum Gasteiger partial charge on any atom is 0.290 e. The molecular formula is C18H19NO5S. The molecular weight excluding hydrogens is 342 g/mol. The summed E-state index contributed by atoms with van der Waals surface area (Å²) in [6.45, 7) is 4.41. The highest BCUT2D eigenvalue weighted by Gasteiger charge is 2.44. The number of carbonyl (C=O) groups is 2. The standard InChI is InChI=1S/C18H19NO5S/c1-11(2)23-9-7-19-15(13-6-4-10-25-13)14(17(21)18(19)22)16(20)12-5-3-8-24-12/h3-6,8,10-11,15,21H,7,9H2,1-2H3. The second-order valence-corrected chi connectivity index (χ2v) is 6.88. The van der Waals surface area contributed by atoms with Crippen molar-refractivity contribution in [3.05, 3.63) is 57.9 Å². The lowest BCUT2D eigenvalue weighted by molar-refractivity contribution is -0.130. The van der Waals surface area contributed by atoms with E-state index in [0.29, 0.717) is 6.61 Å². The summed E-state index contributed by atoms with van der Waals surface area (Å²) in [5.41, 5.74) is 0.0481. The Morgan fingerprint density at radius 1 is 1.40 bits per heavy atom. The summed E-state index contributed by atoms with van der Waals surface area (Å²) in [6.07, 6.45) is 1.42. The van der Waals surface area contributed by atoms with Crippen LogP contribution in [0.3, 0.4) is 0 Å². The van der Waals surface area contributed by atoms with E-state index in [4.69, 9.17) is 9.15 Å². The molecule has 1 amide bonds. The number of nitrogens with zero attached hydrogens (tertiary/aromatic N) is 1. The molecule has 0 bridgehead atoms. The second kappa shape index (κ2) is 7.25. The van der Waals surface area contributed by atoms with Crippen LogP contribution in [0.4, 0.5) is 0 Å². The van der Waals surface area contributed by atoms with Gasteiger partial charge in [0.15, 0.2) is 11.5 Å². The van der Waals surface area contributed by atoms with Crippen LogP contribution in [0.5, 0.6) is 0 Å². The van der Waals surface area contributed by atoms with Crippen LogP contribution < -0.4 is 0 Å². The van der Waals surface area contributed by atoms with Gasteiger partial charge in [-0.1, -0.05) is 6.07 Å². The second-order valence-electron chi connectivity index (χ2n) is 5.90. The zero-order valence-electron chi connectivity index (χ0n) is 14.0. The third kappa shape index (κ3) is 3.38. The van der Waals surface area contributed by atoms with Crippen LogP contribution in [0.2, 0.25) is 0 Å². The molecule has 0 aliphatic carbocycles. The predicted molar refractivity (Wildman–Crippen MR) is 92.6 cm³/mol. The van der Waals surface area contributed by atoms with Gasteiger partial charge in [-0.15, -0.1) is 11.3 Å². The molecule has 0 saturated heterocycles. The monoisotopic (exact) mass is 361 g/mol. The van der Waals surface area contributed by atoms with Crippen LogP contribution in [-0.4, -0.2) is 41.0 Å². The van der Waals surface area contributed by atoms with Crippen molar-refractivity contribution >= 4 is 23.0 Å². The third-order valence-corrected chi connectivity index (χ3v) is 4.81. The molecule has 2 aromatic heterocycles. The lowest BCUT2D eigenvalue weighted by atomic mass is 10.0. The van der Waals surface area contributed by atoms with Crippen molar-refractivity contribution in [1.82, 2.24) is 4.90 Å². The Balaban J connectivity index is 1.94. The minimum absolute atomic E-state index is 0.0312. The smallest absolute Gasteiger partial charge is 0.290 e. The highest BCUT2D eigenvalue weighted by molar-refractivity contribution is 7.10. The summed E-state index contributed by atoms with van der Waals surface area (Å²) >= 11 is 1.42. The van der Waals surface area contributed by atoms with Crippen molar-refractivity contribution in [2.75, 3.05) is 13.2 Å². The number of ether oxygens (including phenoxy) is 1. The maximum atomic E-state index is 12.8. The van der Waals surface area contributed by atoms with E-state index in [2.05, 4.69) is 0 Å². The minimum atomic E-state index is -0.638. The molecule has 0 fully saturated rings. The topological polar surface area (TPSA) is 80.0 Å². The van der Waals surface area contributed by atoms with E-state index in [9.17, 15) is 14.7 Å². The van der Waals surface area contributed by atoms with Gasteiger partial charge in [0.1, 0.15) is 0 Å².